The van der Waals surface area contributed by atoms with Crippen LogP contribution in [0.15, 0.2) is 48.7 Å². The van der Waals surface area contributed by atoms with Crippen molar-refractivity contribution < 1.29 is 14.3 Å². The maximum Gasteiger partial charge on any atom is 0.328 e. The number of fused-ring (bicyclic) bond motifs is 1. The molecule has 5 heteroatoms. The number of amides is 1. The summed E-state index contributed by atoms with van der Waals surface area (Å²) < 4.78 is 4.89. The van der Waals surface area contributed by atoms with E-state index in [0.717, 1.165) is 27.6 Å². The van der Waals surface area contributed by atoms with E-state index >= 15 is 0 Å². The molecule has 26 heavy (non-hydrogen) atoms. The molecule has 0 aliphatic rings. The second-order valence-corrected chi connectivity index (χ2v) is 6.49. The highest BCUT2D eigenvalue weighted by molar-refractivity contribution is 5.97. The van der Waals surface area contributed by atoms with Crippen molar-refractivity contribution in [3.05, 3.63) is 70.9 Å². The third kappa shape index (κ3) is 3.77. The van der Waals surface area contributed by atoms with Crippen LogP contribution >= 0.6 is 0 Å². The largest absolute Gasteiger partial charge is 0.467 e. The molecule has 2 aromatic carbocycles. The predicted octanol–water partition coefficient (Wildman–Crippen LogP) is 3.30. The van der Waals surface area contributed by atoms with E-state index in [-0.39, 0.29) is 5.91 Å². The molecule has 0 saturated heterocycles. The Bertz CT molecular complexity index is 939. The number of rotatable bonds is 5. The van der Waals surface area contributed by atoms with Crippen molar-refractivity contribution in [2.75, 3.05) is 7.11 Å². The maximum absolute atomic E-state index is 12.6. The fourth-order valence-electron chi connectivity index (χ4n) is 3.20. The van der Waals surface area contributed by atoms with E-state index in [2.05, 4.69) is 10.3 Å². The topological polar surface area (TPSA) is 71.2 Å². The summed E-state index contributed by atoms with van der Waals surface area (Å²) in [7, 11) is 1.33. The standard InChI is InChI=1S/C21H22N2O3/c1-13-8-14(2)10-15(9-13)20(24)23-19(21(25)26-3)11-16-12-22-18-7-5-4-6-17(16)18/h4-10,12,19,22H,11H2,1-3H3,(H,23,24)/t19-/m1/s1. The first-order valence-electron chi connectivity index (χ1n) is 8.50. The molecule has 0 fully saturated rings. The number of ether oxygens (including phenoxy) is 1. The van der Waals surface area contributed by atoms with Gasteiger partial charge in [-0.05, 0) is 37.6 Å². The molecule has 0 bridgehead atoms. The summed E-state index contributed by atoms with van der Waals surface area (Å²) in [5.41, 5.74) is 4.49. The molecule has 0 spiro atoms. The van der Waals surface area contributed by atoms with E-state index in [1.807, 2.05) is 62.5 Å². The van der Waals surface area contributed by atoms with Gasteiger partial charge in [0.2, 0.25) is 0 Å². The van der Waals surface area contributed by atoms with Crippen LogP contribution in [0.4, 0.5) is 0 Å². The molecule has 1 aromatic heterocycles. The minimum absolute atomic E-state index is 0.285. The molecular weight excluding hydrogens is 328 g/mol. The fraction of sp³-hybridized carbons (Fsp3) is 0.238. The van der Waals surface area contributed by atoms with E-state index in [0.29, 0.717) is 12.0 Å². The zero-order valence-corrected chi connectivity index (χ0v) is 15.1. The summed E-state index contributed by atoms with van der Waals surface area (Å²) in [6.07, 6.45) is 2.22. The summed E-state index contributed by atoms with van der Waals surface area (Å²) in [5.74, 6) is -0.750. The Kier molecular flexibility index (Phi) is 5.07. The Morgan fingerprint density at radius 2 is 1.81 bits per heavy atom. The molecule has 3 aromatic rings. The van der Waals surface area contributed by atoms with Gasteiger partial charge >= 0.3 is 5.97 Å². The summed E-state index contributed by atoms with van der Waals surface area (Å²) >= 11 is 0. The average molecular weight is 350 g/mol. The van der Waals surface area contributed by atoms with Crippen LogP contribution in [0.1, 0.15) is 27.0 Å². The third-order valence-corrected chi connectivity index (χ3v) is 4.37. The van der Waals surface area contributed by atoms with Gasteiger partial charge < -0.3 is 15.0 Å². The number of H-pyrrole nitrogens is 1. The van der Waals surface area contributed by atoms with Gasteiger partial charge in [-0.15, -0.1) is 0 Å². The first-order valence-corrected chi connectivity index (χ1v) is 8.50. The third-order valence-electron chi connectivity index (χ3n) is 4.37. The van der Waals surface area contributed by atoms with Crippen LogP contribution in [0, 0.1) is 13.8 Å². The van der Waals surface area contributed by atoms with Gasteiger partial charge in [0, 0.05) is 29.1 Å². The van der Waals surface area contributed by atoms with Gasteiger partial charge in [0.25, 0.3) is 5.91 Å². The summed E-state index contributed by atoms with van der Waals surface area (Å²) in [5, 5.41) is 3.84. The van der Waals surface area contributed by atoms with Gasteiger partial charge in [-0.1, -0.05) is 35.4 Å². The summed E-state index contributed by atoms with van der Waals surface area (Å²) in [6, 6.07) is 12.7. The van der Waals surface area contributed by atoms with Crippen LogP contribution in [0.25, 0.3) is 10.9 Å². The zero-order chi connectivity index (χ0) is 18.7. The Labute approximate surface area is 152 Å². The van der Waals surface area contributed by atoms with Crippen molar-refractivity contribution in [1.82, 2.24) is 10.3 Å². The molecule has 2 N–H and O–H groups in total. The van der Waals surface area contributed by atoms with E-state index in [9.17, 15) is 9.59 Å². The lowest BCUT2D eigenvalue weighted by atomic mass is 10.0. The molecule has 3 rings (SSSR count). The number of aromatic amines is 1. The Morgan fingerprint density at radius 1 is 1.12 bits per heavy atom. The lowest BCUT2D eigenvalue weighted by molar-refractivity contribution is -0.142. The Morgan fingerprint density at radius 3 is 2.50 bits per heavy atom. The van der Waals surface area contributed by atoms with E-state index in [1.165, 1.54) is 7.11 Å². The first-order chi connectivity index (χ1) is 12.5. The molecule has 0 radical (unpaired) electrons. The van der Waals surface area contributed by atoms with Crippen molar-refractivity contribution in [3.8, 4) is 0 Å². The van der Waals surface area contributed by atoms with Gasteiger partial charge in [-0.2, -0.15) is 0 Å². The highest BCUT2D eigenvalue weighted by atomic mass is 16.5. The quantitative estimate of drug-likeness (QED) is 0.694. The first kappa shape index (κ1) is 17.7. The van der Waals surface area contributed by atoms with Crippen molar-refractivity contribution in [1.29, 1.82) is 0 Å². The fourth-order valence-corrected chi connectivity index (χ4v) is 3.20. The van der Waals surface area contributed by atoms with Gasteiger partial charge in [0.1, 0.15) is 6.04 Å². The number of para-hydroxylation sites is 1. The highest BCUT2D eigenvalue weighted by Gasteiger charge is 2.24. The number of hydrogen-bond donors (Lipinski definition) is 2. The van der Waals surface area contributed by atoms with Crippen molar-refractivity contribution in [3.63, 3.8) is 0 Å². The highest BCUT2D eigenvalue weighted by Crippen LogP contribution is 2.19. The van der Waals surface area contributed by atoms with E-state index in [4.69, 9.17) is 4.74 Å². The smallest absolute Gasteiger partial charge is 0.328 e. The number of aromatic nitrogens is 1. The van der Waals surface area contributed by atoms with Crippen LogP contribution in [0.2, 0.25) is 0 Å². The molecule has 0 aliphatic heterocycles. The van der Waals surface area contributed by atoms with Crippen LogP contribution < -0.4 is 5.32 Å². The molecule has 1 amide bonds. The van der Waals surface area contributed by atoms with Gasteiger partial charge in [0.15, 0.2) is 0 Å². The second kappa shape index (κ2) is 7.44. The molecule has 1 heterocycles. The number of carbonyl (C=O) groups excluding carboxylic acids is 2. The second-order valence-electron chi connectivity index (χ2n) is 6.49. The van der Waals surface area contributed by atoms with Gasteiger partial charge in [-0.25, -0.2) is 4.79 Å². The Hall–Kier alpha value is -3.08. The van der Waals surface area contributed by atoms with E-state index < -0.39 is 12.0 Å². The monoisotopic (exact) mass is 350 g/mol. The number of hydrogen-bond acceptors (Lipinski definition) is 3. The predicted molar refractivity (Wildman–Crippen MR) is 101 cm³/mol. The summed E-state index contributed by atoms with van der Waals surface area (Å²) in [4.78, 5) is 28.1. The molecule has 0 aliphatic carbocycles. The Balaban J connectivity index is 1.84. The molecule has 0 saturated carbocycles. The van der Waals surface area contributed by atoms with Crippen molar-refractivity contribution >= 4 is 22.8 Å². The average Bonchev–Trinajstić information content (AvgIpc) is 3.02. The number of carbonyl (C=O) groups is 2. The molecule has 5 nitrogen and oxygen atoms in total. The molecule has 1 atom stereocenters. The van der Waals surface area contributed by atoms with Crippen LogP contribution in [-0.4, -0.2) is 30.0 Å². The minimum Gasteiger partial charge on any atom is -0.467 e. The molecule has 134 valence electrons. The van der Waals surface area contributed by atoms with Gasteiger partial charge in [-0.3, -0.25) is 4.79 Å². The summed E-state index contributed by atoms with van der Waals surface area (Å²) in [6.45, 7) is 3.88. The molecule has 0 unspecified atom stereocenters. The zero-order valence-electron chi connectivity index (χ0n) is 15.1. The number of nitrogens with one attached hydrogen (secondary N) is 2. The molecular formula is C21H22N2O3. The van der Waals surface area contributed by atoms with Crippen LogP contribution in [0.5, 0.6) is 0 Å². The van der Waals surface area contributed by atoms with Gasteiger partial charge in [0.05, 0.1) is 7.11 Å². The van der Waals surface area contributed by atoms with E-state index in [1.54, 1.807) is 0 Å². The lowest BCUT2D eigenvalue weighted by Gasteiger charge is -2.17. The van der Waals surface area contributed by atoms with Crippen molar-refractivity contribution in [2.45, 2.75) is 26.3 Å². The maximum atomic E-state index is 12.6. The normalized spacial score (nSPS) is 12.0. The number of esters is 1. The lowest BCUT2D eigenvalue weighted by Crippen LogP contribution is -2.43. The number of benzene rings is 2. The number of methoxy groups -OCH3 is 1. The van der Waals surface area contributed by atoms with Crippen molar-refractivity contribution in [2.24, 2.45) is 0 Å². The van der Waals surface area contributed by atoms with Crippen LogP contribution in [-0.2, 0) is 16.0 Å². The number of aryl methyl sites for hydroxylation is 2. The van der Waals surface area contributed by atoms with Crippen LogP contribution in [0.3, 0.4) is 0 Å². The SMILES string of the molecule is COC(=O)[C@@H](Cc1c[nH]c2ccccc12)NC(=O)c1cc(C)cc(C)c1. The minimum atomic E-state index is -0.757.